The van der Waals surface area contributed by atoms with Crippen LogP contribution in [0.3, 0.4) is 0 Å². The summed E-state index contributed by atoms with van der Waals surface area (Å²) in [6.45, 7) is 9.40. The maximum atomic E-state index is 9.15. The standard InChI is InChI=1S/C22H27N3O2S/c1-3-24-9-11-25(12-10-24)22-21-18(8-13-28-21)14-20(23-22)17-4-6-19(7-5-17)27-16(2)15-26/h4-8,13-14,16,26H,3,9-12,15H2,1-2H3/t16-/m0/s1. The van der Waals surface area contributed by atoms with Crippen LogP contribution in [0.25, 0.3) is 21.3 Å². The van der Waals surface area contributed by atoms with Crippen molar-refractivity contribution in [1.29, 1.82) is 0 Å². The fourth-order valence-corrected chi connectivity index (χ4v) is 4.46. The molecular weight excluding hydrogens is 370 g/mol. The molecule has 2 aromatic heterocycles. The number of anilines is 1. The third-order valence-corrected chi connectivity index (χ3v) is 6.21. The predicted molar refractivity (Wildman–Crippen MR) is 117 cm³/mol. The summed E-state index contributed by atoms with van der Waals surface area (Å²) in [6, 6.07) is 12.3. The van der Waals surface area contributed by atoms with Crippen molar-refractivity contribution in [3.05, 3.63) is 41.8 Å². The Balaban J connectivity index is 1.63. The Morgan fingerprint density at radius 3 is 2.57 bits per heavy atom. The number of thiophene rings is 1. The Labute approximate surface area is 170 Å². The molecule has 6 heteroatoms. The number of fused-ring (bicyclic) bond motifs is 1. The monoisotopic (exact) mass is 397 g/mol. The van der Waals surface area contributed by atoms with Gasteiger partial charge in [-0.1, -0.05) is 6.92 Å². The summed E-state index contributed by atoms with van der Waals surface area (Å²) in [7, 11) is 0. The summed E-state index contributed by atoms with van der Waals surface area (Å²) in [4.78, 5) is 9.97. The van der Waals surface area contributed by atoms with E-state index in [1.165, 1.54) is 10.1 Å². The summed E-state index contributed by atoms with van der Waals surface area (Å²) in [5, 5.41) is 12.5. The first-order chi connectivity index (χ1) is 13.7. The van der Waals surface area contributed by atoms with E-state index in [1.54, 1.807) is 11.3 Å². The van der Waals surface area contributed by atoms with Gasteiger partial charge in [0.25, 0.3) is 0 Å². The van der Waals surface area contributed by atoms with E-state index in [2.05, 4.69) is 34.2 Å². The van der Waals surface area contributed by atoms with Gasteiger partial charge in [0.15, 0.2) is 0 Å². The number of hydrogen-bond donors (Lipinski definition) is 1. The SMILES string of the molecule is CCN1CCN(c2nc(-c3ccc(O[C@@H](C)CO)cc3)cc3ccsc23)CC1. The van der Waals surface area contributed by atoms with Crippen LogP contribution in [0.5, 0.6) is 5.75 Å². The fourth-order valence-electron chi connectivity index (χ4n) is 3.57. The summed E-state index contributed by atoms with van der Waals surface area (Å²) >= 11 is 1.77. The molecule has 0 spiro atoms. The molecule has 0 amide bonds. The molecule has 0 aliphatic carbocycles. The Kier molecular flexibility index (Phi) is 5.80. The van der Waals surface area contributed by atoms with E-state index >= 15 is 0 Å². The first-order valence-electron chi connectivity index (χ1n) is 9.91. The van der Waals surface area contributed by atoms with Crippen LogP contribution in [0.2, 0.25) is 0 Å². The van der Waals surface area contributed by atoms with Gasteiger partial charge in [-0.15, -0.1) is 11.3 Å². The van der Waals surface area contributed by atoms with Crippen molar-refractivity contribution >= 4 is 27.2 Å². The van der Waals surface area contributed by atoms with Gasteiger partial charge < -0.3 is 19.6 Å². The van der Waals surface area contributed by atoms with Crippen molar-refractivity contribution in [3.63, 3.8) is 0 Å². The third-order valence-electron chi connectivity index (χ3n) is 5.28. The quantitative estimate of drug-likeness (QED) is 0.684. The van der Waals surface area contributed by atoms with Crippen LogP contribution in [0, 0.1) is 0 Å². The van der Waals surface area contributed by atoms with Crippen molar-refractivity contribution in [3.8, 4) is 17.0 Å². The van der Waals surface area contributed by atoms with E-state index < -0.39 is 0 Å². The lowest BCUT2D eigenvalue weighted by Gasteiger charge is -2.35. The number of nitrogens with zero attached hydrogens (tertiary/aromatic N) is 3. The van der Waals surface area contributed by atoms with Crippen molar-refractivity contribution in [2.75, 3.05) is 44.2 Å². The highest BCUT2D eigenvalue weighted by Crippen LogP contribution is 2.34. The van der Waals surface area contributed by atoms with E-state index in [0.29, 0.717) is 0 Å². The number of piperazine rings is 1. The molecule has 0 radical (unpaired) electrons. The number of hydrogen-bond acceptors (Lipinski definition) is 6. The van der Waals surface area contributed by atoms with Gasteiger partial charge in [0.2, 0.25) is 0 Å². The normalized spacial score (nSPS) is 16.5. The molecule has 0 saturated carbocycles. The minimum absolute atomic E-state index is 0.00673. The Hall–Kier alpha value is -2.15. The molecule has 3 aromatic rings. The number of rotatable bonds is 6. The van der Waals surface area contributed by atoms with Gasteiger partial charge in [-0.3, -0.25) is 0 Å². The van der Waals surface area contributed by atoms with E-state index in [1.807, 2.05) is 31.2 Å². The summed E-state index contributed by atoms with van der Waals surface area (Å²) in [5.74, 6) is 1.87. The van der Waals surface area contributed by atoms with Gasteiger partial charge in [-0.25, -0.2) is 4.98 Å². The number of aliphatic hydroxyl groups is 1. The van der Waals surface area contributed by atoms with Crippen LogP contribution in [0.1, 0.15) is 13.8 Å². The molecule has 148 valence electrons. The van der Waals surface area contributed by atoms with Crippen LogP contribution < -0.4 is 9.64 Å². The van der Waals surface area contributed by atoms with Gasteiger partial charge >= 0.3 is 0 Å². The lowest BCUT2D eigenvalue weighted by atomic mass is 10.1. The average Bonchev–Trinajstić information content (AvgIpc) is 3.22. The van der Waals surface area contributed by atoms with E-state index in [9.17, 15) is 0 Å². The van der Waals surface area contributed by atoms with Crippen molar-refractivity contribution in [1.82, 2.24) is 9.88 Å². The molecule has 1 saturated heterocycles. The predicted octanol–water partition coefficient (Wildman–Crippen LogP) is 3.86. The van der Waals surface area contributed by atoms with E-state index in [-0.39, 0.29) is 12.7 Å². The van der Waals surface area contributed by atoms with E-state index in [4.69, 9.17) is 14.8 Å². The van der Waals surface area contributed by atoms with Crippen LogP contribution in [0.4, 0.5) is 5.82 Å². The summed E-state index contributed by atoms with van der Waals surface area (Å²) in [5.41, 5.74) is 2.06. The second-order valence-corrected chi connectivity index (χ2v) is 8.14. The number of aliphatic hydroxyl groups excluding tert-OH is 1. The zero-order chi connectivity index (χ0) is 19.5. The second kappa shape index (κ2) is 8.47. The minimum atomic E-state index is -0.209. The van der Waals surface area contributed by atoms with E-state index in [0.717, 1.165) is 55.5 Å². The first-order valence-corrected chi connectivity index (χ1v) is 10.8. The number of aromatic nitrogens is 1. The molecule has 5 nitrogen and oxygen atoms in total. The largest absolute Gasteiger partial charge is 0.488 e. The lowest BCUT2D eigenvalue weighted by Crippen LogP contribution is -2.46. The highest BCUT2D eigenvalue weighted by Gasteiger charge is 2.20. The van der Waals surface area contributed by atoms with Gasteiger partial charge in [0.05, 0.1) is 17.0 Å². The number of ether oxygens (including phenoxy) is 1. The van der Waals surface area contributed by atoms with Crippen LogP contribution in [-0.4, -0.2) is 60.4 Å². The molecule has 1 N–H and O–H groups in total. The van der Waals surface area contributed by atoms with Crippen molar-refractivity contribution in [2.45, 2.75) is 20.0 Å². The maximum absolute atomic E-state index is 9.15. The van der Waals surface area contributed by atoms with Crippen LogP contribution in [0.15, 0.2) is 41.8 Å². The highest BCUT2D eigenvalue weighted by atomic mass is 32.1. The highest BCUT2D eigenvalue weighted by molar-refractivity contribution is 7.17. The zero-order valence-electron chi connectivity index (χ0n) is 16.5. The molecule has 3 heterocycles. The second-order valence-electron chi connectivity index (χ2n) is 7.23. The molecular formula is C22H27N3O2S. The lowest BCUT2D eigenvalue weighted by molar-refractivity contribution is 0.130. The fraction of sp³-hybridized carbons (Fsp3) is 0.409. The van der Waals surface area contributed by atoms with Gasteiger partial charge in [0, 0.05) is 31.7 Å². The molecule has 1 fully saturated rings. The minimum Gasteiger partial charge on any atom is -0.488 e. The van der Waals surface area contributed by atoms with Crippen molar-refractivity contribution in [2.24, 2.45) is 0 Å². The summed E-state index contributed by atoms with van der Waals surface area (Å²) < 4.78 is 6.94. The Morgan fingerprint density at radius 1 is 1.14 bits per heavy atom. The molecule has 0 unspecified atom stereocenters. The number of pyridine rings is 1. The molecule has 28 heavy (non-hydrogen) atoms. The topological polar surface area (TPSA) is 48.8 Å². The van der Waals surface area contributed by atoms with Gasteiger partial charge in [-0.05, 0) is 60.6 Å². The molecule has 1 aromatic carbocycles. The molecule has 1 aliphatic rings. The van der Waals surface area contributed by atoms with Crippen molar-refractivity contribution < 1.29 is 9.84 Å². The smallest absolute Gasteiger partial charge is 0.147 e. The van der Waals surface area contributed by atoms with Crippen LogP contribution in [-0.2, 0) is 0 Å². The first kappa shape index (κ1) is 19.2. The number of benzene rings is 1. The molecule has 1 aliphatic heterocycles. The van der Waals surface area contributed by atoms with Gasteiger partial charge in [0.1, 0.15) is 17.7 Å². The average molecular weight is 398 g/mol. The Bertz CT molecular complexity index is 917. The van der Waals surface area contributed by atoms with Crippen LogP contribution >= 0.6 is 11.3 Å². The zero-order valence-corrected chi connectivity index (χ0v) is 17.3. The summed E-state index contributed by atoms with van der Waals surface area (Å²) in [6.07, 6.45) is -0.209. The maximum Gasteiger partial charge on any atom is 0.147 e. The third kappa shape index (κ3) is 3.99. The van der Waals surface area contributed by atoms with Gasteiger partial charge in [-0.2, -0.15) is 0 Å². The molecule has 0 bridgehead atoms. The number of likely N-dealkylation sites (N-methyl/N-ethyl adjacent to an activating group) is 1. The molecule has 1 atom stereocenters. The Morgan fingerprint density at radius 2 is 1.89 bits per heavy atom. The molecule has 4 rings (SSSR count).